The molecule has 0 saturated carbocycles. The number of piperazine rings is 1. The molecule has 3 aromatic heterocycles. The van der Waals surface area contributed by atoms with Crippen LogP contribution in [-0.2, 0) is 11.8 Å². The minimum Gasteiger partial charge on any atom is -0.478 e. The van der Waals surface area contributed by atoms with E-state index in [4.69, 9.17) is 4.74 Å². The molecule has 1 aliphatic rings. The molecule has 174 valence electrons. The lowest BCUT2D eigenvalue weighted by molar-refractivity contribution is -0.130. The molecule has 1 aliphatic heterocycles. The van der Waals surface area contributed by atoms with Crippen LogP contribution in [0.3, 0.4) is 0 Å². The van der Waals surface area contributed by atoms with Crippen LogP contribution in [0.4, 0.5) is 0 Å². The summed E-state index contributed by atoms with van der Waals surface area (Å²) in [5.41, 5.74) is 3.95. The van der Waals surface area contributed by atoms with Crippen LogP contribution in [0.1, 0.15) is 6.42 Å². The Morgan fingerprint density at radius 1 is 1.12 bits per heavy atom. The zero-order chi connectivity index (χ0) is 23.8. The maximum Gasteiger partial charge on any atom is 0.274 e. The van der Waals surface area contributed by atoms with E-state index < -0.39 is 0 Å². The molecule has 0 spiro atoms. The van der Waals surface area contributed by atoms with E-state index in [0.29, 0.717) is 30.2 Å². The van der Waals surface area contributed by atoms with Gasteiger partial charge in [0, 0.05) is 68.5 Å². The van der Waals surface area contributed by atoms with Gasteiger partial charge in [0.15, 0.2) is 0 Å². The van der Waals surface area contributed by atoms with Crippen molar-refractivity contribution in [2.45, 2.75) is 6.42 Å². The van der Waals surface area contributed by atoms with Gasteiger partial charge < -0.3 is 24.1 Å². The van der Waals surface area contributed by atoms with Crippen molar-refractivity contribution in [1.29, 1.82) is 0 Å². The van der Waals surface area contributed by atoms with E-state index in [1.807, 2.05) is 41.4 Å². The number of carbonyl (C=O) groups excluding carboxylic acids is 1. The van der Waals surface area contributed by atoms with Crippen LogP contribution in [0.2, 0.25) is 0 Å². The number of aromatic amines is 1. The predicted octanol–water partition coefficient (Wildman–Crippen LogP) is 3.14. The summed E-state index contributed by atoms with van der Waals surface area (Å²) < 4.78 is 7.47. The molecular weight excluding hydrogens is 430 g/mol. The van der Waals surface area contributed by atoms with Crippen molar-refractivity contribution >= 4 is 27.7 Å². The van der Waals surface area contributed by atoms with Crippen LogP contribution in [0.5, 0.6) is 5.88 Å². The van der Waals surface area contributed by atoms with Gasteiger partial charge in [-0.15, -0.1) is 0 Å². The first-order chi connectivity index (χ1) is 16.4. The lowest BCUT2D eigenvalue weighted by Crippen LogP contribution is -2.46. The summed E-state index contributed by atoms with van der Waals surface area (Å²) in [6.45, 7) is 6.65. The Morgan fingerprint density at radius 2 is 1.97 bits per heavy atom. The minimum absolute atomic E-state index is 0.0160. The fourth-order valence-electron chi connectivity index (χ4n) is 4.40. The number of carbonyl (C=O) groups is 1. The van der Waals surface area contributed by atoms with Gasteiger partial charge in [0.1, 0.15) is 5.52 Å². The number of aryl methyl sites for hydroxylation is 1. The SMILES string of the molecule is C=C1C(=O)N(C)CCN1CCCOc1ccc2cc(-c3cn(C)c(=O)c4[nH]ccc34)ccc2n1. The summed E-state index contributed by atoms with van der Waals surface area (Å²) in [6.07, 6.45) is 4.43. The zero-order valence-corrected chi connectivity index (χ0v) is 19.4. The van der Waals surface area contributed by atoms with Crippen molar-refractivity contribution in [2.24, 2.45) is 7.05 Å². The number of rotatable bonds is 6. The molecule has 4 heterocycles. The summed E-state index contributed by atoms with van der Waals surface area (Å²) in [7, 11) is 3.56. The van der Waals surface area contributed by atoms with Gasteiger partial charge in [-0.2, -0.15) is 0 Å². The summed E-state index contributed by atoms with van der Waals surface area (Å²) in [5.74, 6) is 0.557. The van der Waals surface area contributed by atoms with E-state index in [2.05, 4.69) is 22.6 Å². The standard InChI is InChI=1S/C26H27N5O3/c1-17-25(32)29(2)12-13-31(17)11-4-14-34-23-8-6-19-15-18(5-7-22(19)28-23)21-16-30(3)26(33)24-20(21)9-10-27-24/h5-10,15-16,27H,1,4,11-14H2,2-3H3. The highest BCUT2D eigenvalue weighted by Gasteiger charge is 2.24. The third kappa shape index (κ3) is 3.91. The normalized spacial score (nSPS) is 14.4. The molecule has 0 bridgehead atoms. The van der Waals surface area contributed by atoms with Crippen LogP contribution < -0.4 is 10.3 Å². The van der Waals surface area contributed by atoms with E-state index in [1.54, 1.807) is 29.8 Å². The molecule has 4 aromatic rings. The quantitative estimate of drug-likeness (QED) is 0.355. The van der Waals surface area contributed by atoms with Gasteiger partial charge >= 0.3 is 0 Å². The first-order valence-corrected chi connectivity index (χ1v) is 11.3. The molecule has 34 heavy (non-hydrogen) atoms. The molecule has 0 unspecified atom stereocenters. The van der Waals surface area contributed by atoms with Gasteiger partial charge in [0.2, 0.25) is 5.88 Å². The van der Waals surface area contributed by atoms with E-state index in [9.17, 15) is 9.59 Å². The Balaban J connectivity index is 1.27. The van der Waals surface area contributed by atoms with Crippen molar-refractivity contribution in [1.82, 2.24) is 24.3 Å². The third-order valence-electron chi connectivity index (χ3n) is 6.37. The lowest BCUT2D eigenvalue weighted by Gasteiger charge is -2.35. The monoisotopic (exact) mass is 457 g/mol. The number of aromatic nitrogens is 3. The average Bonchev–Trinajstić information content (AvgIpc) is 3.34. The van der Waals surface area contributed by atoms with E-state index in [0.717, 1.165) is 46.9 Å². The maximum atomic E-state index is 12.3. The lowest BCUT2D eigenvalue weighted by atomic mass is 10.0. The van der Waals surface area contributed by atoms with Crippen LogP contribution >= 0.6 is 0 Å². The highest BCUT2D eigenvalue weighted by atomic mass is 16.5. The van der Waals surface area contributed by atoms with Gasteiger partial charge in [-0.05, 0) is 36.2 Å². The number of pyridine rings is 2. The summed E-state index contributed by atoms with van der Waals surface area (Å²) >= 11 is 0. The molecule has 0 aliphatic carbocycles. The number of ether oxygens (including phenoxy) is 1. The van der Waals surface area contributed by atoms with Crippen molar-refractivity contribution in [3.63, 3.8) is 0 Å². The molecule has 1 fully saturated rings. The Bertz CT molecular complexity index is 1470. The summed E-state index contributed by atoms with van der Waals surface area (Å²) in [4.78, 5) is 35.8. The minimum atomic E-state index is -0.0449. The van der Waals surface area contributed by atoms with Crippen molar-refractivity contribution < 1.29 is 9.53 Å². The van der Waals surface area contributed by atoms with Crippen molar-refractivity contribution in [2.75, 3.05) is 33.3 Å². The first kappa shape index (κ1) is 21.8. The maximum absolute atomic E-state index is 12.3. The van der Waals surface area contributed by atoms with Crippen LogP contribution in [0, 0.1) is 0 Å². The number of benzene rings is 1. The van der Waals surface area contributed by atoms with Crippen molar-refractivity contribution in [3.05, 3.63) is 71.4 Å². The van der Waals surface area contributed by atoms with E-state index in [1.165, 1.54) is 0 Å². The number of nitrogens with one attached hydrogen (secondary N) is 1. The van der Waals surface area contributed by atoms with Gasteiger partial charge in [0.25, 0.3) is 11.5 Å². The largest absolute Gasteiger partial charge is 0.478 e. The first-order valence-electron chi connectivity index (χ1n) is 11.3. The second kappa shape index (κ2) is 8.70. The Morgan fingerprint density at radius 3 is 2.82 bits per heavy atom. The molecule has 1 saturated heterocycles. The fraction of sp³-hybridized carbons (Fsp3) is 0.269. The number of nitrogens with zero attached hydrogens (tertiary/aromatic N) is 4. The predicted molar refractivity (Wildman–Crippen MR) is 133 cm³/mol. The number of hydrogen-bond donors (Lipinski definition) is 1. The Hall–Kier alpha value is -4.07. The van der Waals surface area contributed by atoms with Crippen LogP contribution in [0.25, 0.3) is 32.9 Å². The summed E-state index contributed by atoms with van der Waals surface area (Å²) in [6, 6.07) is 11.9. The second-order valence-electron chi connectivity index (χ2n) is 8.64. The highest BCUT2D eigenvalue weighted by molar-refractivity contribution is 5.96. The zero-order valence-electron chi connectivity index (χ0n) is 19.4. The van der Waals surface area contributed by atoms with Crippen LogP contribution in [0.15, 0.2) is 65.9 Å². The van der Waals surface area contributed by atoms with Gasteiger partial charge in [-0.3, -0.25) is 9.59 Å². The summed E-state index contributed by atoms with van der Waals surface area (Å²) in [5, 5.41) is 1.90. The Labute approximate surface area is 197 Å². The van der Waals surface area contributed by atoms with E-state index >= 15 is 0 Å². The molecule has 8 heteroatoms. The highest BCUT2D eigenvalue weighted by Crippen LogP contribution is 2.29. The Kier molecular flexibility index (Phi) is 5.57. The average molecular weight is 458 g/mol. The molecule has 0 radical (unpaired) electrons. The van der Waals surface area contributed by atoms with Gasteiger partial charge in [-0.25, -0.2) is 4.98 Å². The van der Waals surface area contributed by atoms with Gasteiger partial charge in [-0.1, -0.05) is 12.6 Å². The van der Waals surface area contributed by atoms with Crippen LogP contribution in [-0.4, -0.2) is 63.5 Å². The molecule has 5 rings (SSSR count). The molecular formula is C26H27N5O3. The molecule has 8 nitrogen and oxygen atoms in total. The number of H-pyrrole nitrogens is 1. The van der Waals surface area contributed by atoms with Gasteiger partial charge in [0.05, 0.1) is 17.8 Å². The molecule has 1 N–H and O–H groups in total. The third-order valence-corrected chi connectivity index (χ3v) is 6.37. The number of amides is 1. The smallest absolute Gasteiger partial charge is 0.274 e. The van der Waals surface area contributed by atoms with Crippen molar-refractivity contribution in [3.8, 4) is 17.0 Å². The second-order valence-corrected chi connectivity index (χ2v) is 8.64. The molecule has 1 amide bonds. The fourth-order valence-corrected chi connectivity index (χ4v) is 4.40. The van der Waals surface area contributed by atoms with E-state index in [-0.39, 0.29) is 11.5 Å². The topological polar surface area (TPSA) is 83.5 Å². The molecule has 0 atom stereocenters. The molecule has 1 aromatic carbocycles. The number of likely N-dealkylation sites (N-methyl/N-ethyl adjacent to an activating group) is 1. The number of hydrogen-bond acceptors (Lipinski definition) is 5. The number of fused-ring (bicyclic) bond motifs is 2.